The lowest BCUT2D eigenvalue weighted by molar-refractivity contribution is -0.131. The lowest BCUT2D eigenvalue weighted by Gasteiger charge is -2.23. The second-order valence-electron chi connectivity index (χ2n) is 6.25. The molecule has 0 bridgehead atoms. The van der Waals surface area contributed by atoms with Crippen LogP contribution in [0.4, 0.5) is 0 Å². The van der Waals surface area contributed by atoms with E-state index in [9.17, 15) is 4.79 Å². The van der Waals surface area contributed by atoms with Gasteiger partial charge in [0.05, 0.1) is 26.5 Å². The zero-order valence-corrected chi connectivity index (χ0v) is 17.5. The van der Waals surface area contributed by atoms with E-state index >= 15 is 0 Å². The zero-order valence-electron chi connectivity index (χ0n) is 15.1. The van der Waals surface area contributed by atoms with Crippen molar-refractivity contribution in [2.24, 2.45) is 0 Å². The summed E-state index contributed by atoms with van der Waals surface area (Å²) in [6.07, 6.45) is 0.492. The summed E-state index contributed by atoms with van der Waals surface area (Å²) in [7, 11) is 1.86. The number of hydrogen-bond donors (Lipinski definition) is 0. The van der Waals surface area contributed by atoms with E-state index in [2.05, 4.69) is 22.1 Å². The van der Waals surface area contributed by atoms with E-state index in [1.165, 1.54) is 4.70 Å². The fourth-order valence-corrected chi connectivity index (χ4v) is 5.89. The number of para-hydroxylation sites is 2. The van der Waals surface area contributed by atoms with Gasteiger partial charge in [0.25, 0.3) is 0 Å². The van der Waals surface area contributed by atoms with Crippen molar-refractivity contribution in [3.63, 3.8) is 0 Å². The predicted molar refractivity (Wildman–Crippen MR) is 116 cm³/mol. The Morgan fingerprint density at radius 1 is 1.04 bits per heavy atom. The van der Waals surface area contributed by atoms with E-state index in [0.29, 0.717) is 6.42 Å². The summed E-state index contributed by atoms with van der Waals surface area (Å²) < 4.78 is 3.37. The molecule has 0 saturated heterocycles. The van der Waals surface area contributed by atoms with Crippen molar-refractivity contribution in [3.05, 3.63) is 53.5 Å². The Bertz CT molecular complexity index is 1020. The van der Waals surface area contributed by atoms with Gasteiger partial charge in [0, 0.05) is 19.2 Å². The smallest absolute Gasteiger partial charge is 0.223 e. The van der Waals surface area contributed by atoms with E-state index in [1.54, 1.807) is 39.3 Å². The fourth-order valence-electron chi connectivity index (χ4n) is 2.77. The summed E-state index contributed by atoms with van der Waals surface area (Å²) >= 11 is 4.99. The second kappa shape index (κ2) is 7.96. The van der Waals surface area contributed by atoms with Gasteiger partial charge in [0.15, 0.2) is 4.34 Å². The first kappa shape index (κ1) is 18.4. The topological polar surface area (TPSA) is 46.1 Å². The molecule has 1 amide bonds. The monoisotopic (exact) mass is 413 g/mol. The summed E-state index contributed by atoms with van der Waals surface area (Å²) in [4.78, 5) is 23.7. The number of thiazole rings is 2. The molecule has 0 unspecified atom stereocenters. The number of carbonyl (C=O) groups is 1. The molecule has 0 radical (unpaired) electrons. The van der Waals surface area contributed by atoms with E-state index in [4.69, 9.17) is 0 Å². The quantitative estimate of drug-likeness (QED) is 0.386. The first-order valence-electron chi connectivity index (χ1n) is 8.71. The van der Waals surface area contributed by atoms with Gasteiger partial charge in [0.2, 0.25) is 5.91 Å². The van der Waals surface area contributed by atoms with Crippen LogP contribution in [-0.4, -0.2) is 33.6 Å². The SMILES string of the molecule is C[C@@H](c1nc2ccccc2s1)N(C)C(=O)CCSc1nc2ccccc2s1. The third-order valence-electron chi connectivity index (χ3n) is 4.46. The molecule has 138 valence electrons. The molecule has 27 heavy (non-hydrogen) atoms. The number of rotatable bonds is 6. The molecule has 0 spiro atoms. The third-order valence-corrected chi connectivity index (χ3v) is 7.85. The maximum atomic E-state index is 12.6. The number of aromatic nitrogens is 2. The standard InChI is InChI=1S/C20H19N3OS3/c1-13(19-21-14-7-3-5-9-16(14)26-19)23(2)18(24)11-12-25-20-22-15-8-4-6-10-17(15)27-20/h3-10,13H,11-12H2,1-2H3/t13-/m0/s1. The van der Waals surface area contributed by atoms with Gasteiger partial charge in [-0.3, -0.25) is 4.79 Å². The largest absolute Gasteiger partial charge is 0.337 e. The predicted octanol–water partition coefficient (Wildman–Crippen LogP) is 5.61. The molecular weight excluding hydrogens is 394 g/mol. The van der Waals surface area contributed by atoms with E-state index in [-0.39, 0.29) is 11.9 Å². The van der Waals surface area contributed by atoms with Crippen LogP contribution in [0, 0.1) is 0 Å². The first-order valence-corrected chi connectivity index (χ1v) is 11.3. The molecule has 0 N–H and O–H groups in total. The normalized spacial score (nSPS) is 12.5. The van der Waals surface area contributed by atoms with Crippen molar-refractivity contribution in [3.8, 4) is 0 Å². The summed E-state index contributed by atoms with van der Waals surface area (Å²) in [6.45, 7) is 2.04. The van der Waals surface area contributed by atoms with Gasteiger partial charge in [0.1, 0.15) is 5.01 Å². The van der Waals surface area contributed by atoms with Crippen LogP contribution in [0.25, 0.3) is 20.4 Å². The van der Waals surface area contributed by atoms with Crippen LogP contribution in [-0.2, 0) is 4.79 Å². The molecule has 0 aliphatic heterocycles. The van der Waals surface area contributed by atoms with E-state index in [0.717, 1.165) is 30.8 Å². The molecule has 4 rings (SSSR count). The Labute approximate surface area is 170 Å². The molecule has 0 saturated carbocycles. The highest BCUT2D eigenvalue weighted by atomic mass is 32.2. The number of thioether (sulfide) groups is 1. The van der Waals surface area contributed by atoms with Crippen LogP contribution >= 0.6 is 34.4 Å². The molecular formula is C20H19N3OS3. The van der Waals surface area contributed by atoms with Crippen molar-refractivity contribution in [2.75, 3.05) is 12.8 Å². The van der Waals surface area contributed by atoms with Crippen molar-refractivity contribution in [2.45, 2.75) is 23.7 Å². The van der Waals surface area contributed by atoms with Crippen LogP contribution in [0.1, 0.15) is 24.4 Å². The summed E-state index contributed by atoms with van der Waals surface area (Å²) in [5.74, 6) is 0.866. The maximum absolute atomic E-state index is 12.6. The average molecular weight is 414 g/mol. The van der Waals surface area contributed by atoms with Crippen LogP contribution in [0.3, 0.4) is 0 Å². The molecule has 2 aromatic heterocycles. The van der Waals surface area contributed by atoms with Crippen molar-refractivity contribution < 1.29 is 4.79 Å². The molecule has 4 nitrogen and oxygen atoms in total. The highest BCUT2D eigenvalue weighted by Crippen LogP contribution is 2.31. The number of carbonyl (C=O) groups excluding carboxylic acids is 1. The van der Waals surface area contributed by atoms with Gasteiger partial charge in [-0.15, -0.1) is 22.7 Å². The Balaban J connectivity index is 1.35. The third kappa shape index (κ3) is 4.00. The zero-order chi connectivity index (χ0) is 18.8. The van der Waals surface area contributed by atoms with Gasteiger partial charge >= 0.3 is 0 Å². The molecule has 1 atom stereocenters. The van der Waals surface area contributed by atoms with Crippen molar-refractivity contribution >= 4 is 60.8 Å². The number of nitrogens with zero attached hydrogens (tertiary/aromatic N) is 3. The van der Waals surface area contributed by atoms with Gasteiger partial charge in [-0.25, -0.2) is 9.97 Å². The Kier molecular flexibility index (Phi) is 5.43. The molecule has 0 aliphatic rings. The second-order valence-corrected chi connectivity index (χ2v) is 9.68. The molecule has 0 aliphatic carbocycles. The molecule has 0 fully saturated rings. The molecule has 4 aromatic rings. The molecule has 2 heterocycles. The van der Waals surface area contributed by atoms with Crippen LogP contribution in [0.5, 0.6) is 0 Å². The Morgan fingerprint density at radius 3 is 2.33 bits per heavy atom. The average Bonchev–Trinajstić information content (AvgIpc) is 3.30. The minimum Gasteiger partial charge on any atom is -0.337 e. The van der Waals surface area contributed by atoms with Gasteiger partial charge in [-0.2, -0.15) is 0 Å². The summed E-state index contributed by atoms with van der Waals surface area (Å²) in [5.41, 5.74) is 2.02. The van der Waals surface area contributed by atoms with Crippen LogP contribution in [0.15, 0.2) is 52.9 Å². The minimum atomic E-state index is -0.0256. The Hall–Kier alpha value is -1.96. The fraction of sp³-hybridized carbons (Fsp3) is 0.250. The molecule has 7 heteroatoms. The summed E-state index contributed by atoms with van der Waals surface area (Å²) in [6, 6.07) is 16.2. The van der Waals surface area contributed by atoms with Crippen molar-refractivity contribution in [1.82, 2.24) is 14.9 Å². The maximum Gasteiger partial charge on any atom is 0.223 e. The van der Waals surface area contributed by atoms with Gasteiger partial charge in [-0.05, 0) is 31.2 Å². The number of benzene rings is 2. The van der Waals surface area contributed by atoms with Crippen LogP contribution in [0.2, 0.25) is 0 Å². The number of hydrogen-bond acceptors (Lipinski definition) is 6. The van der Waals surface area contributed by atoms with Crippen LogP contribution < -0.4 is 0 Å². The molecule has 2 aromatic carbocycles. The van der Waals surface area contributed by atoms with Gasteiger partial charge < -0.3 is 4.90 Å². The number of fused-ring (bicyclic) bond motifs is 2. The summed E-state index contributed by atoms with van der Waals surface area (Å²) in [5, 5.41) is 0.978. The number of amides is 1. The van der Waals surface area contributed by atoms with Gasteiger partial charge in [-0.1, -0.05) is 36.0 Å². The van der Waals surface area contributed by atoms with E-state index in [1.807, 2.05) is 50.4 Å². The highest BCUT2D eigenvalue weighted by Gasteiger charge is 2.20. The lowest BCUT2D eigenvalue weighted by atomic mass is 10.3. The first-order chi connectivity index (χ1) is 13.1. The Morgan fingerprint density at radius 2 is 1.67 bits per heavy atom. The van der Waals surface area contributed by atoms with Crippen molar-refractivity contribution in [1.29, 1.82) is 0 Å². The lowest BCUT2D eigenvalue weighted by Crippen LogP contribution is -2.29. The van der Waals surface area contributed by atoms with E-state index < -0.39 is 0 Å². The highest BCUT2D eigenvalue weighted by molar-refractivity contribution is 8.01. The minimum absolute atomic E-state index is 0.0256.